The van der Waals surface area contributed by atoms with E-state index in [0.717, 1.165) is 18.2 Å². The van der Waals surface area contributed by atoms with Crippen LogP contribution in [-0.2, 0) is 0 Å². The van der Waals surface area contributed by atoms with Gasteiger partial charge in [-0.1, -0.05) is 26.2 Å². The van der Waals surface area contributed by atoms with Gasteiger partial charge in [-0.15, -0.1) is 11.8 Å². The molecule has 0 aromatic carbocycles. The van der Waals surface area contributed by atoms with Crippen molar-refractivity contribution in [2.75, 3.05) is 6.54 Å². The van der Waals surface area contributed by atoms with E-state index >= 15 is 0 Å². The molecule has 0 spiro atoms. The summed E-state index contributed by atoms with van der Waals surface area (Å²) in [7, 11) is 0. The molecule has 1 fully saturated rings. The van der Waals surface area contributed by atoms with Crippen LogP contribution in [0.2, 0.25) is 0 Å². The number of rotatable bonds is 5. The van der Waals surface area contributed by atoms with E-state index in [1.165, 1.54) is 42.7 Å². The van der Waals surface area contributed by atoms with Crippen molar-refractivity contribution in [1.82, 2.24) is 4.98 Å². The molecular formula is C17H28N2S. The predicted octanol–water partition coefficient (Wildman–Crippen LogP) is 4.33. The lowest BCUT2D eigenvalue weighted by Gasteiger charge is -2.35. The van der Waals surface area contributed by atoms with Crippen molar-refractivity contribution in [2.24, 2.45) is 17.6 Å². The highest BCUT2D eigenvalue weighted by atomic mass is 32.2. The van der Waals surface area contributed by atoms with E-state index in [2.05, 4.69) is 32.9 Å². The first-order valence-electron chi connectivity index (χ1n) is 7.94. The minimum Gasteiger partial charge on any atom is -0.330 e. The zero-order chi connectivity index (χ0) is 14.5. The smallest absolute Gasteiger partial charge is 0.0968 e. The maximum absolute atomic E-state index is 5.99. The molecule has 1 aromatic heterocycles. The lowest BCUT2D eigenvalue weighted by atomic mass is 9.80. The molecule has 1 aliphatic rings. The highest BCUT2D eigenvalue weighted by Gasteiger charge is 2.30. The van der Waals surface area contributed by atoms with Crippen molar-refractivity contribution in [3.8, 4) is 0 Å². The molecule has 0 amide bonds. The largest absolute Gasteiger partial charge is 0.330 e. The second-order valence-corrected chi connectivity index (χ2v) is 7.50. The first-order valence-corrected chi connectivity index (χ1v) is 8.82. The Morgan fingerprint density at radius 1 is 1.30 bits per heavy atom. The third kappa shape index (κ3) is 4.23. The molecule has 3 unspecified atom stereocenters. The van der Waals surface area contributed by atoms with Gasteiger partial charge in [0.1, 0.15) is 0 Å². The number of hydrogen-bond donors (Lipinski definition) is 1. The highest BCUT2D eigenvalue weighted by molar-refractivity contribution is 7.99. The molecule has 2 rings (SSSR count). The van der Waals surface area contributed by atoms with E-state index in [0.29, 0.717) is 11.2 Å². The van der Waals surface area contributed by atoms with Gasteiger partial charge in [0, 0.05) is 10.9 Å². The van der Waals surface area contributed by atoms with Gasteiger partial charge in [-0.05, 0) is 62.8 Å². The summed E-state index contributed by atoms with van der Waals surface area (Å²) >= 11 is 1.96. The quantitative estimate of drug-likeness (QED) is 0.877. The van der Waals surface area contributed by atoms with E-state index < -0.39 is 0 Å². The van der Waals surface area contributed by atoms with Crippen LogP contribution in [0.15, 0.2) is 17.2 Å². The number of nitrogens with two attached hydrogens (primary N) is 1. The molecule has 0 aliphatic heterocycles. The summed E-state index contributed by atoms with van der Waals surface area (Å²) in [6.45, 7) is 7.35. The molecule has 112 valence electrons. The average molecular weight is 292 g/mol. The van der Waals surface area contributed by atoms with Crippen molar-refractivity contribution in [3.05, 3.63) is 23.4 Å². The third-order valence-corrected chi connectivity index (χ3v) is 5.71. The molecule has 3 atom stereocenters. The highest BCUT2D eigenvalue weighted by Crippen LogP contribution is 2.40. The Kier molecular flexibility index (Phi) is 5.91. The SMILES string of the molecule is CCCC1CCC(CN)C(Sc2cc(C)cc(C)n2)C1. The molecule has 3 heteroatoms. The standard InChI is InChI=1S/C17H28N2S/c1-4-5-14-6-7-15(11-18)16(10-14)20-17-9-12(2)8-13(3)19-17/h8-9,14-16H,4-7,10-11,18H2,1-3H3. The molecule has 2 N–H and O–H groups in total. The monoisotopic (exact) mass is 292 g/mol. The molecule has 1 saturated carbocycles. The van der Waals surface area contributed by atoms with Crippen molar-refractivity contribution in [2.45, 2.75) is 63.2 Å². The minimum atomic E-state index is 0.652. The topological polar surface area (TPSA) is 38.9 Å². The Bertz CT molecular complexity index is 413. The van der Waals surface area contributed by atoms with E-state index in [4.69, 9.17) is 10.7 Å². The Hall–Kier alpha value is -0.540. The Labute approximate surface area is 127 Å². The zero-order valence-electron chi connectivity index (χ0n) is 13.1. The number of thioether (sulfide) groups is 1. The van der Waals surface area contributed by atoms with Crippen molar-refractivity contribution in [1.29, 1.82) is 0 Å². The van der Waals surface area contributed by atoms with Gasteiger partial charge in [-0.3, -0.25) is 0 Å². The van der Waals surface area contributed by atoms with Crippen LogP contribution in [0.3, 0.4) is 0 Å². The van der Waals surface area contributed by atoms with Crippen molar-refractivity contribution < 1.29 is 0 Å². The van der Waals surface area contributed by atoms with Crippen molar-refractivity contribution >= 4 is 11.8 Å². The summed E-state index contributed by atoms with van der Waals surface area (Å²) in [6.07, 6.45) is 6.65. The van der Waals surface area contributed by atoms with E-state index in [-0.39, 0.29) is 0 Å². The van der Waals surface area contributed by atoms with Gasteiger partial charge >= 0.3 is 0 Å². The summed E-state index contributed by atoms with van der Waals surface area (Å²) < 4.78 is 0. The van der Waals surface area contributed by atoms with Gasteiger partial charge in [0.2, 0.25) is 0 Å². The molecule has 1 heterocycles. The Morgan fingerprint density at radius 2 is 2.10 bits per heavy atom. The van der Waals surface area contributed by atoms with Crippen LogP contribution in [0.25, 0.3) is 0 Å². The molecular weight excluding hydrogens is 264 g/mol. The number of pyridine rings is 1. The van der Waals surface area contributed by atoms with Gasteiger partial charge in [-0.25, -0.2) is 4.98 Å². The molecule has 0 bridgehead atoms. The van der Waals surface area contributed by atoms with E-state index in [1.54, 1.807) is 0 Å². The zero-order valence-corrected chi connectivity index (χ0v) is 13.9. The predicted molar refractivity (Wildman–Crippen MR) is 88.1 cm³/mol. The fourth-order valence-corrected chi connectivity index (χ4v) is 4.95. The van der Waals surface area contributed by atoms with Crippen molar-refractivity contribution in [3.63, 3.8) is 0 Å². The number of aryl methyl sites for hydroxylation is 2. The molecule has 0 radical (unpaired) electrons. The van der Waals surface area contributed by atoms with Gasteiger partial charge in [0.15, 0.2) is 0 Å². The van der Waals surface area contributed by atoms with Gasteiger partial charge in [0.25, 0.3) is 0 Å². The summed E-state index contributed by atoms with van der Waals surface area (Å²) in [5, 5.41) is 1.84. The second-order valence-electron chi connectivity index (χ2n) is 6.24. The lowest BCUT2D eigenvalue weighted by molar-refractivity contribution is 0.276. The molecule has 1 aromatic rings. The summed E-state index contributed by atoms with van der Waals surface area (Å²) in [4.78, 5) is 4.69. The maximum Gasteiger partial charge on any atom is 0.0968 e. The van der Waals surface area contributed by atoms with Gasteiger partial charge in [-0.2, -0.15) is 0 Å². The molecule has 20 heavy (non-hydrogen) atoms. The maximum atomic E-state index is 5.99. The van der Waals surface area contributed by atoms with E-state index in [9.17, 15) is 0 Å². The van der Waals surface area contributed by atoms with Crippen LogP contribution >= 0.6 is 11.8 Å². The Balaban J connectivity index is 2.06. The lowest BCUT2D eigenvalue weighted by Crippen LogP contribution is -2.32. The third-order valence-electron chi connectivity index (χ3n) is 4.38. The van der Waals surface area contributed by atoms with Crippen LogP contribution in [0, 0.1) is 25.7 Å². The molecule has 2 nitrogen and oxygen atoms in total. The summed E-state index contributed by atoms with van der Waals surface area (Å²) in [5.41, 5.74) is 8.43. The van der Waals surface area contributed by atoms with Crippen LogP contribution < -0.4 is 5.73 Å². The second kappa shape index (κ2) is 7.46. The van der Waals surface area contributed by atoms with Crippen LogP contribution in [0.4, 0.5) is 0 Å². The number of nitrogens with zero attached hydrogens (tertiary/aromatic N) is 1. The fourth-order valence-electron chi connectivity index (χ4n) is 3.38. The first kappa shape index (κ1) is 15.8. The Morgan fingerprint density at radius 3 is 2.75 bits per heavy atom. The number of hydrogen-bond acceptors (Lipinski definition) is 3. The van der Waals surface area contributed by atoms with Crippen LogP contribution in [0.1, 0.15) is 50.3 Å². The first-order chi connectivity index (χ1) is 9.62. The van der Waals surface area contributed by atoms with E-state index in [1.807, 2.05) is 11.8 Å². The molecule has 1 aliphatic carbocycles. The summed E-state index contributed by atoms with van der Waals surface area (Å²) in [5.74, 6) is 1.56. The van der Waals surface area contributed by atoms with Gasteiger partial charge in [0.05, 0.1) is 5.03 Å². The molecule has 0 saturated heterocycles. The average Bonchev–Trinajstić information content (AvgIpc) is 2.38. The summed E-state index contributed by atoms with van der Waals surface area (Å²) in [6, 6.07) is 4.36. The number of aromatic nitrogens is 1. The van der Waals surface area contributed by atoms with Crippen LogP contribution in [0.5, 0.6) is 0 Å². The van der Waals surface area contributed by atoms with Crippen LogP contribution in [-0.4, -0.2) is 16.8 Å². The van der Waals surface area contributed by atoms with Gasteiger partial charge < -0.3 is 5.73 Å². The minimum absolute atomic E-state index is 0.652. The fraction of sp³-hybridized carbons (Fsp3) is 0.706. The normalized spacial score (nSPS) is 26.7.